The Morgan fingerprint density at radius 1 is 0.933 bits per heavy atom. The SMILES string of the molecule is Cc1ccc(C(C)C)c(OCC(=O)NNC(=O)c2ccc(OCCC(C)C)cc2)c1. The molecule has 162 valence electrons. The topological polar surface area (TPSA) is 76.7 Å². The normalized spacial score (nSPS) is 10.8. The molecule has 0 aliphatic rings. The van der Waals surface area contributed by atoms with Crippen molar-refractivity contribution in [1.82, 2.24) is 10.9 Å². The summed E-state index contributed by atoms with van der Waals surface area (Å²) in [6, 6.07) is 12.7. The molecule has 0 spiro atoms. The molecule has 0 aliphatic carbocycles. The zero-order valence-electron chi connectivity index (χ0n) is 18.5. The molecule has 0 saturated carbocycles. The maximum absolute atomic E-state index is 12.2. The maximum Gasteiger partial charge on any atom is 0.276 e. The highest BCUT2D eigenvalue weighted by molar-refractivity contribution is 5.95. The van der Waals surface area contributed by atoms with Crippen molar-refractivity contribution in [3.63, 3.8) is 0 Å². The van der Waals surface area contributed by atoms with Crippen molar-refractivity contribution in [2.24, 2.45) is 5.92 Å². The molecule has 0 atom stereocenters. The number of hydrogen-bond acceptors (Lipinski definition) is 4. The maximum atomic E-state index is 12.2. The zero-order valence-corrected chi connectivity index (χ0v) is 18.5. The van der Waals surface area contributed by atoms with Crippen LogP contribution in [0.2, 0.25) is 0 Å². The van der Waals surface area contributed by atoms with E-state index < -0.39 is 11.8 Å². The third-order valence-electron chi connectivity index (χ3n) is 4.55. The lowest BCUT2D eigenvalue weighted by molar-refractivity contribution is -0.123. The fraction of sp³-hybridized carbons (Fsp3) is 0.417. The number of nitrogens with one attached hydrogen (secondary N) is 2. The van der Waals surface area contributed by atoms with Crippen molar-refractivity contribution < 1.29 is 19.1 Å². The molecule has 0 aliphatic heterocycles. The molecule has 6 nitrogen and oxygen atoms in total. The molecular formula is C24H32N2O4. The Balaban J connectivity index is 1.81. The van der Waals surface area contributed by atoms with Gasteiger partial charge in [-0.3, -0.25) is 20.4 Å². The molecule has 30 heavy (non-hydrogen) atoms. The van der Waals surface area contributed by atoms with E-state index in [4.69, 9.17) is 9.47 Å². The standard InChI is InChI=1S/C24H32N2O4/c1-16(2)12-13-29-20-9-7-19(8-10-20)24(28)26-25-23(27)15-30-22-14-18(5)6-11-21(22)17(3)4/h6-11,14,16-17H,12-13,15H2,1-5H3,(H,25,27)(H,26,28). The zero-order chi connectivity index (χ0) is 22.1. The highest BCUT2D eigenvalue weighted by Gasteiger charge is 2.12. The number of ether oxygens (including phenoxy) is 2. The summed E-state index contributed by atoms with van der Waals surface area (Å²) in [5.74, 6) is 1.40. The van der Waals surface area contributed by atoms with Gasteiger partial charge >= 0.3 is 0 Å². The minimum Gasteiger partial charge on any atom is -0.494 e. The van der Waals surface area contributed by atoms with Crippen LogP contribution in [-0.4, -0.2) is 25.0 Å². The van der Waals surface area contributed by atoms with Crippen molar-refractivity contribution in [2.45, 2.75) is 47.0 Å². The van der Waals surface area contributed by atoms with Crippen LogP contribution in [-0.2, 0) is 4.79 Å². The Bertz CT molecular complexity index is 845. The van der Waals surface area contributed by atoms with Gasteiger partial charge in [0.05, 0.1) is 6.61 Å². The number of hydrazine groups is 1. The molecule has 0 heterocycles. The van der Waals surface area contributed by atoms with E-state index >= 15 is 0 Å². The predicted molar refractivity (Wildman–Crippen MR) is 118 cm³/mol. The van der Waals surface area contributed by atoms with Gasteiger partial charge in [0.2, 0.25) is 0 Å². The molecule has 0 radical (unpaired) electrons. The summed E-state index contributed by atoms with van der Waals surface area (Å²) in [5, 5.41) is 0. The molecular weight excluding hydrogens is 380 g/mol. The third-order valence-corrected chi connectivity index (χ3v) is 4.55. The number of benzene rings is 2. The number of aryl methyl sites for hydroxylation is 1. The van der Waals surface area contributed by atoms with Gasteiger partial charge in [0.15, 0.2) is 6.61 Å². The Kier molecular flexibility index (Phi) is 8.71. The molecule has 2 rings (SSSR count). The smallest absolute Gasteiger partial charge is 0.276 e. The second kappa shape index (κ2) is 11.2. The number of amides is 2. The number of carbonyl (C=O) groups is 2. The average Bonchev–Trinajstić information content (AvgIpc) is 2.70. The fourth-order valence-corrected chi connectivity index (χ4v) is 2.74. The molecule has 2 N–H and O–H groups in total. The molecule has 6 heteroatoms. The Labute approximate surface area is 178 Å². The first-order valence-electron chi connectivity index (χ1n) is 10.3. The van der Waals surface area contributed by atoms with Crippen molar-refractivity contribution in [2.75, 3.05) is 13.2 Å². The fourth-order valence-electron chi connectivity index (χ4n) is 2.74. The van der Waals surface area contributed by atoms with Gasteiger partial charge in [0, 0.05) is 5.56 Å². The van der Waals surface area contributed by atoms with E-state index in [2.05, 4.69) is 38.5 Å². The monoisotopic (exact) mass is 412 g/mol. The molecule has 0 fully saturated rings. The van der Waals surface area contributed by atoms with E-state index in [1.54, 1.807) is 24.3 Å². The second-order valence-corrected chi connectivity index (χ2v) is 8.04. The largest absolute Gasteiger partial charge is 0.494 e. The summed E-state index contributed by atoms with van der Waals surface area (Å²) in [7, 11) is 0. The van der Waals surface area contributed by atoms with Crippen molar-refractivity contribution in [3.05, 3.63) is 59.2 Å². The van der Waals surface area contributed by atoms with Crippen LogP contribution >= 0.6 is 0 Å². The van der Waals surface area contributed by atoms with Crippen LogP contribution in [0.25, 0.3) is 0 Å². The summed E-state index contributed by atoms with van der Waals surface area (Å²) >= 11 is 0. The van der Waals surface area contributed by atoms with Gasteiger partial charge < -0.3 is 9.47 Å². The van der Waals surface area contributed by atoms with Crippen LogP contribution in [0, 0.1) is 12.8 Å². The lowest BCUT2D eigenvalue weighted by Crippen LogP contribution is -2.43. The first-order chi connectivity index (χ1) is 14.3. The van der Waals surface area contributed by atoms with Crippen LogP contribution in [0.4, 0.5) is 0 Å². The summed E-state index contributed by atoms with van der Waals surface area (Å²) in [6.07, 6.45) is 0.970. The summed E-state index contributed by atoms with van der Waals surface area (Å²) in [4.78, 5) is 24.3. The average molecular weight is 413 g/mol. The van der Waals surface area contributed by atoms with Crippen LogP contribution in [0.3, 0.4) is 0 Å². The Hall–Kier alpha value is -3.02. The van der Waals surface area contributed by atoms with Crippen LogP contribution < -0.4 is 20.3 Å². The predicted octanol–water partition coefficient (Wildman–Crippen LogP) is 4.38. The van der Waals surface area contributed by atoms with Crippen molar-refractivity contribution in [1.29, 1.82) is 0 Å². The number of hydrogen-bond donors (Lipinski definition) is 2. The first-order valence-corrected chi connectivity index (χ1v) is 10.3. The van der Waals surface area contributed by atoms with E-state index in [0.717, 1.165) is 17.5 Å². The van der Waals surface area contributed by atoms with Gasteiger partial charge in [-0.25, -0.2) is 0 Å². The highest BCUT2D eigenvalue weighted by atomic mass is 16.5. The van der Waals surface area contributed by atoms with E-state index in [9.17, 15) is 9.59 Å². The van der Waals surface area contributed by atoms with Gasteiger partial charge in [0.25, 0.3) is 11.8 Å². The Morgan fingerprint density at radius 3 is 2.27 bits per heavy atom. The minimum atomic E-state index is -0.437. The molecule has 2 aromatic carbocycles. The molecule has 0 aromatic heterocycles. The minimum absolute atomic E-state index is 0.188. The summed E-state index contributed by atoms with van der Waals surface area (Å²) < 4.78 is 11.3. The van der Waals surface area contributed by atoms with E-state index in [1.165, 1.54) is 0 Å². The molecule has 0 saturated heterocycles. The van der Waals surface area contributed by atoms with Gasteiger partial charge in [0.1, 0.15) is 11.5 Å². The summed E-state index contributed by atoms with van der Waals surface area (Å²) in [6.45, 7) is 10.8. The number of carbonyl (C=O) groups excluding carboxylic acids is 2. The number of rotatable bonds is 9. The molecule has 0 bridgehead atoms. The van der Waals surface area contributed by atoms with Crippen molar-refractivity contribution in [3.8, 4) is 11.5 Å². The molecule has 0 unspecified atom stereocenters. The van der Waals surface area contributed by atoms with Crippen LogP contribution in [0.5, 0.6) is 11.5 Å². The lowest BCUT2D eigenvalue weighted by atomic mass is 10.0. The van der Waals surface area contributed by atoms with Gasteiger partial charge in [-0.15, -0.1) is 0 Å². The Morgan fingerprint density at radius 2 is 1.63 bits per heavy atom. The third kappa shape index (κ3) is 7.43. The van der Waals surface area contributed by atoms with Crippen molar-refractivity contribution >= 4 is 11.8 Å². The second-order valence-electron chi connectivity index (χ2n) is 8.04. The van der Waals surface area contributed by atoms with Gasteiger partial charge in [-0.05, 0) is 66.6 Å². The molecule has 2 aromatic rings. The van der Waals surface area contributed by atoms with Gasteiger partial charge in [-0.1, -0.05) is 39.8 Å². The van der Waals surface area contributed by atoms with E-state index in [1.807, 2.05) is 25.1 Å². The van der Waals surface area contributed by atoms with Crippen LogP contribution in [0.15, 0.2) is 42.5 Å². The van der Waals surface area contributed by atoms with E-state index in [-0.39, 0.29) is 12.5 Å². The highest BCUT2D eigenvalue weighted by Crippen LogP contribution is 2.27. The first kappa shape index (κ1) is 23.3. The molecule has 2 amide bonds. The van der Waals surface area contributed by atoms with Crippen LogP contribution in [0.1, 0.15) is 61.5 Å². The van der Waals surface area contributed by atoms with Gasteiger partial charge in [-0.2, -0.15) is 0 Å². The summed E-state index contributed by atoms with van der Waals surface area (Å²) in [5.41, 5.74) is 7.30. The lowest BCUT2D eigenvalue weighted by Gasteiger charge is -2.15. The van der Waals surface area contributed by atoms with E-state index in [0.29, 0.717) is 29.6 Å². The quantitative estimate of drug-likeness (QED) is 0.599.